The summed E-state index contributed by atoms with van der Waals surface area (Å²) in [5.74, 6) is -1.07. The fourth-order valence-corrected chi connectivity index (χ4v) is 1.65. The van der Waals surface area contributed by atoms with Gasteiger partial charge in [-0.2, -0.15) is 0 Å². The molecule has 0 saturated heterocycles. The number of alkyl carbamates (subject to hydrolysis) is 1. The van der Waals surface area contributed by atoms with Gasteiger partial charge in [0.25, 0.3) is 0 Å². The molecule has 1 aliphatic rings. The van der Waals surface area contributed by atoms with Gasteiger partial charge in [0.2, 0.25) is 0 Å². The minimum atomic E-state index is -0.789. The monoisotopic (exact) mass is 229 g/mol. The summed E-state index contributed by atoms with van der Waals surface area (Å²) in [6, 6.07) is -0.157. The summed E-state index contributed by atoms with van der Waals surface area (Å²) in [5.41, 5.74) is -0.528. The molecular formula is C11H19NO4. The number of hydrogen-bond acceptors (Lipinski definition) is 3. The molecule has 0 aliphatic heterocycles. The Kier molecular flexibility index (Phi) is 3.45. The van der Waals surface area contributed by atoms with E-state index in [1.54, 1.807) is 27.7 Å². The Morgan fingerprint density at radius 3 is 2.38 bits per heavy atom. The molecule has 1 amide bonds. The lowest BCUT2D eigenvalue weighted by Gasteiger charge is -2.21. The molecule has 5 heteroatoms. The molecular weight excluding hydrogens is 210 g/mol. The van der Waals surface area contributed by atoms with Crippen molar-refractivity contribution in [3.63, 3.8) is 0 Å². The highest BCUT2D eigenvalue weighted by atomic mass is 16.6. The summed E-state index contributed by atoms with van der Waals surface area (Å²) in [4.78, 5) is 22.0. The highest BCUT2D eigenvalue weighted by molar-refractivity contribution is 5.74. The zero-order chi connectivity index (χ0) is 12.5. The van der Waals surface area contributed by atoms with Gasteiger partial charge < -0.3 is 15.2 Å². The molecule has 1 rings (SSSR count). The molecule has 1 aliphatic carbocycles. The van der Waals surface area contributed by atoms with Crippen LogP contribution in [-0.2, 0) is 9.53 Å². The molecule has 0 radical (unpaired) electrons. The van der Waals surface area contributed by atoms with Crippen LogP contribution in [0.1, 0.15) is 34.1 Å². The lowest BCUT2D eigenvalue weighted by molar-refractivity contribution is -0.138. The minimum Gasteiger partial charge on any atom is -0.481 e. The van der Waals surface area contributed by atoms with Gasteiger partial charge in [-0.1, -0.05) is 0 Å². The fraction of sp³-hybridized carbons (Fsp3) is 0.818. The number of rotatable bonds is 3. The van der Waals surface area contributed by atoms with Gasteiger partial charge in [0.05, 0.1) is 5.92 Å². The molecule has 92 valence electrons. The number of aliphatic carboxylic acids is 1. The van der Waals surface area contributed by atoms with E-state index in [1.165, 1.54) is 0 Å². The van der Waals surface area contributed by atoms with E-state index < -0.39 is 17.7 Å². The van der Waals surface area contributed by atoms with Gasteiger partial charge in [-0.05, 0) is 40.0 Å². The summed E-state index contributed by atoms with van der Waals surface area (Å²) >= 11 is 0. The maximum Gasteiger partial charge on any atom is 0.407 e. The Morgan fingerprint density at radius 2 is 2.00 bits per heavy atom. The molecule has 1 fully saturated rings. The first-order valence-corrected chi connectivity index (χ1v) is 5.43. The molecule has 0 aromatic rings. The van der Waals surface area contributed by atoms with E-state index >= 15 is 0 Å². The van der Waals surface area contributed by atoms with Crippen molar-refractivity contribution in [3.8, 4) is 0 Å². The predicted octanol–water partition coefficient (Wildman–Crippen LogP) is 1.62. The number of amides is 1. The smallest absolute Gasteiger partial charge is 0.407 e. The maximum atomic E-state index is 11.4. The van der Waals surface area contributed by atoms with E-state index in [1.807, 2.05) is 0 Å². The van der Waals surface area contributed by atoms with Gasteiger partial charge >= 0.3 is 12.1 Å². The average Bonchev–Trinajstić information content (AvgIpc) is 2.76. The Labute approximate surface area is 95.2 Å². The van der Waals surface area contributed by atoms with Gasteiger partial charge in [0.1, 0.15) is 5.60 Å². The average molecular weight is 229 g/mol. The Hall–Kier alpha value is -1.26. The van der Waals surface area contributed by atoms with Gasteiger partial charge in [-0.3, -0.25) is 4.79 Å². The summed E-state index contributed by atoms with van der Waals surface area (Å²) in [5, 5.41) is 11.4. The number of nitrogens with one attached hydrogen (secondary N) is 1. The van der Waals surface area contributed by atoms with Gasteiger partial charge in [0, 0.05) is 6.04 Å². The van der Waals surface area contributed by atoms with Crippen molar-refractivity contribution >= 4 is 12.1 Å². The molecule has 1 saturated carbocycles. The van der Waals surface area contributed by atoms with Crippen molar-refractivity contribution < 1.29 is 19.4 Å². The van der Waals surface area contributed by atoms with Gasteiger partial charge in [-0.15, -0.1) is 0 Å². The van der Waals surface area contributed by atoms with Crippen LogP contribution in [0.5, 0.6) is 0 Å². The molecule has 5 nitrogen and oxygen atoms in total. The van der Waals surface area contributed by atoms with Crippen molar-refractivity contribution in [2.75, 3.05) is 0 Å². The van der Waals surface area contributed by atoms with Gasteiger partial charge in [0.15, 0.2) is 0 Å². The summed E-state index contributed by atoms with van der Waals surface area (Å²) in [6.45, 7) is 7.16. The standard InChI is InChI=1S/C11H19NO4/c1-6(7-5-8(7)9(13)14)12-10(15)16-11(2,3)4/h6-8H,5H2,1-4H3,(H,12,15)(H,13,14). The molecule has 0 bridgehead atoms. The Bertz CT molecular complexity index is 295. The summed E-state index contributed by atoms with van der Waals surface area (Å²) in [6.07, 6.45) is 0.141. The third-order valence-corrected chi connectivity index (χ3v) is 2.54. The van der Waals surface area contributed by atoms with E-state index in [0.29, 0.717) is 6.42 Å². The van der Waals surface area contributed by atoms with Crippen molar-refractivity contribution in [1.82, 2.24) is 5.32 Å². The van der Waals surface area contributed by atoms with Crippen LogP contribution in [0.3, 0.4) is 0 Å². The third kappa shape index (κ3) is 3.72. The van der Waals surface area contributed by atoms with E-state index in [0.717, 1.165) is 0 Å². The van der Waals surface area contributed by atoms with Crippen molar-refractivity contribution in [3.05, 3.63) is 0 Å². The number of carbonyl (C=O) groups excluding carboxylic acids is 1. The van der Waals surface area contributed by atoms with E-state index in [2.05, 4.69) is 5.32 Å². The first-order valence-electron chi connectivity index (χ1n) is 5.43. The molecule has 2 N–H and O–H groups in total. The normalized spacial score (nSPS) is 25.8. The Morgan fingerprint density at radius 1 is 1.44 bits per heavy atom. The highest BCUT2D eigenvalue weighted by Crippen LogP contribution is 2.41. The topological polar surface area (TPSA) is 75.6 Å². The summed E-state index contributed by atoms with van der Waals surface area (Å²) in [7, 11) is 0. The van der Waals surface area contributed by atoms with Crippen molar-refractivity contribution in [2.45, 2.75) is 45.8 Å². The van der Waals surface area contributed by atoms with Gasteiger partial charge in [-0.25, -0.2) is 4.79 Å². The van der Waals surface area contributed by atoms with Crippen LogP contribution in [0, 0.1) is 11.8 Å². The zero-order valence-electron chi connectivity index (χ0n) is 10.1. The van der Waals surface area contributed by atoms with Crippen molar-refractivity contribution in [1.29, 1.82) is 0 Å². The van der Waals surface area contributed by atoms with Crippen LogP contribution in [0.25, 0.3) is 0 Å². The van der Waals surface area contributed by atoms with E-state index in [9.17, 15) is 9.59 Å². The minimum absolute atomic E-state index is 0.0324. The fourth-order valence-electron chi connectivity index (χ4n) is 1.65. The first kappa shape index (κ1) is 12.8. The van der Waals surface area contributed by atoms with Crippen LogP contribution in [0.15, 0.2) is 0 Å². The number of hydrogen-bond donors (Lipinski definition) is 2. The lowest BCUT2D eigenvalue weighted by Crippen LogP contribution is -2.39. The molecule has 0 aromatic heterocycles. The molecule has 0 aromatic carbocycles. The molecule has 0 heterocycles. The second-order valence-corrected chi connectivity index (χ2v) is 5.28. The lowest BCUT2D eigenvalue weighted by atomic mass is 10.2. The predicted molar refractivity (Wildman–Crippen MR) is 58.1 cm³/mol. The summed E-state index contributed by atoms with van der Waals surface area (Å²) < 4.78 is 5.08. The van der Waals surface area contributed by atoms with Crippen LogP contribution in [-0.4, -0.2) is 28.8 Å². The number of ether oxygens (including phenoxy) is 1. The maximum absolute atomic E-state index is 11.4. The number of carbonyl (C=O) groups is 2. The quantitative estimate of drug-likeness (QED) is 0.771. The largest absolute Gasteiger partial charge is 0.481 e. The van der Waals surface area contributed by atoms with Crippen LogP contribution >= 0.6 is 0 Å². The SMILES string of the molecule is CC(NC(=O)OC(C)(C)C)C1CC1C(=O)O. The number of carboxylic acid groups (broad SMARTS) is 1. The molecule has 16 heavy (non-hydrogen) atoms. The van der Waals surface area contributed by atoms with Crippen molar-refractivity contribution in [2.24, 2.45) is 11.8 Å². The number of carboxylic acids is 1. The second-order valence-electron chi connectivity index (χ2n) is 5.28. The highest BCUT2D eigenvalue weighted by Gasteiger charge is 2.47. The molecule has 3 unspecified atom stereocenters. The zero-order valence-corrected chi connectivity index (χ0v) is 10.1. The first-order chi connectivity index (χ1) is 7.20. The van der Waals surface area contributed by atoms with E-state index in [-0.39, 0.29) is 17.9 Å². The third-order valence-electron chi connectivity index (χ3n) is 2.54. The molecule has 3 atom stereocenters. The second kappa shape index (κ2) is 4.31. The molecule has 0 spiro atoms. The van der Waals surface area contributed by atoms with E-state index in [4.69, 9.17) is 9.84 Å². The van der Waals surface area contributed by atoms with Crippen LogP contribution in [0.2, 0.25) is 0 Å². The Balaban J connectivity index is 2.33. The van der Waals surface area contributed by atoms with Crippen LogP contribution in [0.4, 0.5) is 4.79 Å². The van der Waals surface area contributed by atoms with Crippen LogP contribution < -0.4 is 5.32 Å².